The summed E-state index contributed by atoms with van der Waals surface area (Å²) in [6.45, 7) is 0.719. The quantitative estimate of drug-likeness (QED) is 0.152. The van der Waals surface area contributed by atoms with E-state index in [1.165, 1.54) is 5.56 Å². The van der Waals surface area contributed by atoms with Crippen molar-refractivity contribution in [3.05, 3.63) is 216 Å². The number of benzene rings is 8. The van der Waals surface area contributed by atoms with Crippen molar-refractivity contribution in [1.29, 1.82) is 0 Å². The average Bonchev–Trinajstić information content (AvgIpc) is 4.04. The van der Waals surface area contributed by atoms with Gasteiger partial charge in [-0.25, -0.2) is 0 Å². The maximum absolute atomic E-state index is 6.78. The van der Waals surface area contributed by atoms with E-state index in [0.29, 0.717) is 0 Å². The summed E-state index contributed by atoms with van der Waals surface area (Å²) >= 11 is 2.49. The zero-order valence-corrected chi connectivity index (χ0v) is 36.2. The van der Waals surface area contributed by atoms with Crippen LogP contribution < -0.4 is 9.47 Å². The number of hydrogen-bond acceptors (Lipinski definition) is 3. The first-order chi connectivity index (χ1) is 31.2. The molecule has 1 aliphatic rings. The molecule has 4 heterocycles. The summed E-state index contributed by atoms with van der Waals surface area (Å²) in [5, 5.41) is 2.29. The number of rotatable bonds is 8. The van der Waals surface area contributed by atoms with Crippen LogP contribution in [0.25, 0.3) is 83.4 Å². The minimum atomic E-state index is 0.719. The van der Waals surface area contributed by atoms with E-state index in [2.05, 4.69) is 227 Å². The molecule has 0 aliphatic carbocycles. The molecule has 304 valence electrons. The van der Waals surface area contributed by atoms with Crippen molar-refractivity contribution in [3.63, 3.8) is 0 Å². The second kappa shape index (κ2) is 15.4. The van der Waals surface area contributed by atoms with Crippen LogP contribution in [0.5, 0.6) is 17.2 Å². The number of ether oxygens (including phenoxy) is 2. The van der Waals surface area contributed by atoms with Crippen molar-refractivity contribution in [1.82, 2.24) is 18.7 Å². The van der Waals surface area contributed by atoms with Gasteiger partial charge in [-0.15, -0.1) is 0 Å². The van der Waals surface area contributed by atoms with Gasteiger partial charge in [-0.05, 0) is 11.6 Å². The molecule has 0 saturated heterocycles. The Morgan fingerprint density at radius 3 is 1.86 bits per heavy atom. The molecule has 0 amide bonds. The van der Waals surface area contributed by atoms with Crippen LogP contribution in [0.3, 0.4) is 0 Å². The van der Waals surface area contributed by atoms with Gasteiger partial charge in [0.25, 0.3) is 0 Å². The van der Waals surface area contributed by atoms with Crippen LogP contribution in [0.15, 0.2) is 206 Å². The molecular formula is C56H38N4O2Pt. The van der Waals surface area contributed by atoms with E-state index in [9.17, 15) is 0 Å². The third-order valence-electron chi connectivity index (χ3n) is 12.1. The SMILES string of the molecule is [Pt]=[c]1n(-c2cccc(Oc3ccc4c5ccccc5n(-c5ccc(-c6cccc7c6OCC7)cn5)c4c3)c2)c2ccccc2n1-c1c(-c2ccccc2)cccc1-c1ccccc1. The molecular weight excluding hydrogens is 956 g/mol. The van der Waals surface area contributed by atoms with Gasteiger partial charge in [-0.2, -0.15) is 0 Å². The fraction of sp³-hybridized carbons (Fsp3) is 0.0357. The molecule has 63 heavy (non-hydrogen) atoms. The molecule has 0 bridgehead atoms. The molecule has 0 spiro atoms. The Morgan fingerprint density at radius 1 is 0.476 bits per heavy atom. The van der Waals surface area contributed by atoms with Crippen LogP contribution in [0.4, 0.5) is 0 Å². The summed E-state index contributed by atoms with van der Waals surface area (Å²) < 4.78 is 20.8. The van der Waals surface area contributed by atoms with E-state index >= 15 is 0 Å². The molecule has 1 aliphatic heterocycles. The van der Waals surface area contributed by atoms with Gasteiger partial charge in [-0.1, -0.05) is 30.3 Å². The Morgan fingerprint density at radius 2 is 1.11 bits per heavy atom. The van der Waals surface area contributed by atoms with Crippen molar-refractivity contribution >= 4 is 32.8 Å². The number of para-hydroxylation sites is 5. The van der Waals surface area contributed by atoms with Gasteiger partial charge >= 0.3 is 294 Å². The predicted octanol–water partition coefficient (Wildman–Crippen LogP) is 13.7. The van der Waals surface area contributed by atoms with E-state index in [1.54, 1.807) is 0 Å². The van der Waals surface area contributed by atoms with Crippen molar-refractivity contribution in [2.75, 3.05) is 6.61 Å². The molecule has 8 aromatic carbocycles. The molecule has 0 saturated carbocycles. The van der Waals surface area contributed by atoms with Gasteiger partial charge in [0.15, 0.2) is 0 Å². The van der Waals surface area contributed by atoms with E-state index in [-0.39, 0.29) is 0 Å². The molecule has 0 radical (unpaired) electrons. The summed E-state index contributed by atoms with van der Waals surface area (Å²) in [6.07, 6.45) is 2.89. The van der Waals surface area contributed by atoms with Crippen LogP contribution >= 0.6 is 0 Å². The topological polar surface area (TPSA) is 46.1 Å². The standard InChI is InChI=1S/C56H38N4O2.Pt/c1-3-14-38(15-4-1)45-22-13-23-46(39-16-5-2-6-17-39)55(45)59-37-58(51-26-9-10-27-52(51)59)42-19-12-20-43(34-42)62-44-29-30-49-48-21-7-8-25-50(48)60(53(49)35-44)54-31-28-41(36-57-54)47-24-11-18-40-32-33-61-56(40)47;/h1-31,34-36H,32-33H2;. The number of hydrogen-bond donors (Lipinski definition) is 0. The molecule has 7 heteroatoms. The van der Waals surface area contributed by atoms with E-state index in [1.807, 2.05) is 12.3 Å². The summed E-state index contributed by atoms with van der Waals surface area (Å²) in [5.41, 5.74) is 14.4. The molecule has 0 atom stereocenters. The maximum atomic E-state index is 6.78. The third kappa shape index (κ3) is 6.37. The normalized spacial score (nSPS) is 12.2. The average molecular weight is 994 g/mol. The Labute approximate surface area is 374 Å². The summed E-state index contributed by atoms with van der Waals surface area (Å²) in [6, 6.07) is 70.4. The number of nitrogens with zero attached hydrogens (tertiary/aromatic N) is 4. The monoisotopic (exact) mass is 993 g/mol. The Balaban J connectivity index is 0.952. The fourth-order valence-corrected chi connectivity index (χ4v) is 10.4. The predicted molar refractivity (Wildman–Crippen MR) is 250 cm³/mol. The second-order valence-corrected chi connectivity index (χ2v) is 16.8. The van der Waals surface area contributed by atoms with Crippen LogP contribution in [0.1, 0.15) is 5.56 Å². The van der Waals surface area contributed by atoms with Gasteiger partial charge in [0, 0.05) is 23.7 Å². The van der Waals surface area contributed by atoms with Crippen LogP contribution in [0, 0.1) is 3.80 Å². The van der Waals surface area contributed by atoms with Gasteiger partial charge in [0.05, 0.1) is 6.61 Å². The number of pyridine rings is 1. The number of fused-ring (bicyclic) bond motifs is 5. The first-order valence-corrected chi connectivity index (χ1v) is 22.3. The van der Waals surface area contributed by atoms with Gasteiger partial charge in [-0.3, -0.25) is 0 Å². The van der Waals surface area contributed by atoms with E-state index < -0.39 is 0 Å². The Bertz CT molecular complexity index is 3530. The molecule has 12 rings (SSSR count). The third-order valence-corrected chi connectivity index (χ3v) is 13.1. The summed E-state index contributed by atoms with van der Waals surface area (Å²) in [5.74, 6) is 3.29. The van der Waals surface area contributed by atoms with Crippen molar-refractivity contribution in [3.8, 4) is 67.8 Å². The van der Waals surface area contributed by atoms with Crippen molar-refractivity contribution < 1.29 is 28.8 Å². The zero-order chi connectivity index (χ0) is 41.9. The van der Waals surface area contributed by atoms with Gasteiger partial charge in [0.1, 0.15) is 5.75 Å². The zero-order valence-electron chi connectivity index (χ0n) is 34.0. The van der Waals surface area contributed by atoms with Crippen LogP contribution in [-0.4, -0.2) is 25.3 Å². The molecule has 11 aromatic rings. The molecule has 3 aromatic heterocycles. The molecule has 6 nitrogen and oxygen atoms in total. The second-order valence-electron chi connectivity index (χ2n) is 15.8. The van der Waals surface area contributed by atoms with Crippen molar-refractivity contribution in [2.45, 2.75) is 6.42 Å². The number of aromatic nitrogens is 4. The van der Waals surface area contributed by atoms with Gasteiger partial charge in [0.2, 0.25) is 0 Å². The van der Waals surface area contributed by atoms with Crippen LogP contribution in [0.2, 0.25) is 0 Å². The molecule has 0 fully saturated rings. The minimum absolute atomic E-state index is 0.719. The van der Waals surface area contributed by atoms with E-state index in [4.69, 9.17) is 14.5 Å². The van der Waals surface area contributed by atoms with Crippen molar-refractivity contribution in [2.24, 2.45) is 0 Å². The van der Waals surface area contributed by atoms with Crippen LogP contribution in [-0.2, 0) is 25.8 Å². The Kier molecular flexibility index (Phi) is 9.12. The summed E-state index contributed by atoms with van der Waals surface area (Å²) in [7, 11) is 0. The first kappa shape index (κ1) is 37.2. The van der Waals surface area contributed by atoms with Gasteiger partial charge < -0.3 is 4.74 Å². The van der Waals surface area contributed by atoms with E-state index in [0.717, 1.165) is 117 Å². The first-order valence-electron chi connectivity index (χ1n) is 21.1. The molecule has 0 unspecified atom stereocenters. The summed E-state index contributed by atoms with van der Waals surface area (Å²) in [4.78, 5) is 5.05. The fourth-order valence-electron chi connectivity index (χ4n) is 9.26. The molecule has 0 N–H and O–H groups in total. The number of imidazole rings is 1. The Hall–Kier alpha value is -7.53.